The fourth-order valence-corrected chi connectivity index (χ4v) is 6.23. The van der Waals surface area contributed by atoms with Crippen molar-refractivity contribution >= 4 is 35.8 Å². The summed E-state index contributed by atoms with van der Waals surface area (Å²) in [7, 11) is 0. The molecular formula is C51H64O14. The van der Waals surface area contributed by atoms with E-state index in [2.05, 4.69) is 44.3 Å². The van der Waals surface area contributed by atoms with E-state index < -0.39 is 67.7 Å². The Morgan fingerprint density at radius 3 is 1.57 bits per heavy atom. The summed E-state index contributed by atoms with van der Waals surface area (Å²) in [5, 5.41) is 0. The standard InChI is InChI=1S/C51H64O14/c1-8-11-12-13-14-15-17-38-19-21-39(22-20-38)31-61-43-26-23-40(24-27-43)41-25-28-44(42(30-41)18-16-29-60-45(52)36(4)5)62-32-51(33-63-46(53)37(6)7,34-64-49(56)47(54)58-9-2)35-65-50(57)48(55)59-10-3/h19-28,30H,4,6,8-18,29,31-35H2,1-3,5,7H3. The molecule has 0 fully saturated rings. The molecule has 3 aromatic rings. The van der Waals surface area contributed by atoms with Crippen LogP contribution >= 0.6 is 0 Å². The van der Waals surface area contributed by atoms with Gasteiger partial charge in [-0.2, -0.15) is 0 Å². The number of unbranched alkanes of at least 4 members (excludes halogenated alkanes) is 5. The van der Waals surface area contributed by atoms with E-state index >= 15 is 0 Å². The van der Waals surface area contributed by atoms with Gasteiger partial charge in [0.1, 0.15) is 49.9 Å². The summed E-state index contributed by atoms with van der Waals surface area (Å²) in [5.74, 6) is -5.60. The van der Waals surface area contributed by atoms with E-state index in [9.17, 15) is 28.8 Å². The molecule has 0 saturated heterocycles. The van der Waals surface area contributed by atoms with Crippen LogP contribution in [0.25, 0.3) is 11.1 Å². The molecule has 0 saturated carbocycles. The van der Waals surface area contributed by atoms with E-state index in [1.807, 2.05) is 36.4 Å². The first-order valence-corrected chi connectivity index (χ1v) is 22.1. The van der Waals surface area contributed by atoms with E-state index in [1.54, 1.807) is 13.0 Å². The van der Waals surface area contributed by atoms with Crippen molar-refractivity contribution in [2.45, 2.75) is 99.0 Å². The zero-order chi connectivity index (χ0) is 47.6. The lowest BCUT2D eigenvalue weighted by Crippen LogP contribution is -2.45. The Bertz CT molecular complexity index is 2020. The first-order chi connectivity index (χ1) is 31.2. The van der Waals surface area contributed by atoms with Gasteiger partial charge < -0.3 is 37.9 Å². The molecule has 65 heavy (non-hydrogen) atoms. The van der Waals surface area contributed by atoms with Crippen LogP contribution in [-0.2, 0) is 76.6 Å². The number of hydrogen-bond acceptors (Lipinski definition) is 14. The molecule has 0 heterocycles. The van der Waals surface area contributed by atoms with E-state index in [-0.39, 0.29) is 31.0 Å². The lowest BCUT2D eigenvalue weighted by atomic mass is 9.91. The van der Waals surface area contributed by atoms with Crippen LogP contribution in [0.4, 0.5) is 0 Å². The minimum Gasteiger partial charge on any atom is -0.492 e. The molecule has 0 aromatic heterocycles. The highest BCUT2D eigenvalue weighted by atomic mass is 16.6. The fraction of sp³-hybridized carbons (Fsp3) is 0.451. The highest BCUT2D eigenvalue weighted by Crippen LogP contribution is 2.32. The highest BCUT2D eigenvalue weighted by Gasteiger charge is 2.39. The normalized spacial score (nSPS) is 10.8. The number of carbonyl (C=O) groups is 6. The van der Waals surface area contributed by atoms with E-state index in [0.29, 0.717) is 36.5 Å². The summed E-state index contributed by atoms with van der Waals surface area (Å²) < 4.78 is 43.3. The molecule has 0 aliphatic heterocycles. The minimum absolute atomic E-state index is 0.0420. The molecule has 0 aliphatic rings. The van der Waals surface area contributed by atoms with Crippen LogP contribution in [0.5, 0.6) is 11.5 Å². The molecule has 0 aliphatic carbocycles. The first kappa shape index (κ1) is 52.9. The minimum atomic E-state index is -1.69. The van der Waals surface area contributed by atoms with Gasteiger partial charge in [0.2, 0.25) is 0 Å². The number of ether oxygens (including phenoxy) is 8. The SMILES string of the molecule is C=C(C)C(=O)OCCCc1cc(-c2ccc(OCc3ccc(CCCCCCCC)cc3)cc2)ccc1OCC(COC(=O)C(=C)C)(COC(=O)C(=O)OCC)COC(=O)C(=O)OCC. The van der Waals surface area contributed by atoms with E-state index in [0.717, 1.165) is 23.1 Å². The fourth-order valence-electron chi connectivity index (χ4n) is 6.23. The number of hydrogen-bond donors (Lipinski definition) is 0. The van der Waals surface area contributed by atoms with Crippen LogP contribution in [0.2, 0.25) is 0 Å². The van der Waals surface area contributed by atoms with Crippen LogP contribution in [-0.4, -0.2) is 82.1 Å². The van der Waals surface area contributed by atoms with Gasteiger partial charge in [-0.15, -0.1) is 0 Å². The number of carbonyl (C=O) groups excluding carboxylic acids is 6. The van der Waals surface area contributed by atoms with Crippen molar-refractivity contribution in [2.24, 2.45) is 5.41 Å². The summed E-state index contributed by atoms with van der Waals surface area (Å²) in [6.45, 7) is 13.3. The van der Waals surface area contributed by atoms with Crippen molar-refractivity contribution < 1.29 is 66.7 Å². The first-order valence-electron chi connectivity index (χ1n) is 22.1. The molecule has 0 N–H and O–H groups in total. The summed E-state index contributed by atoms with van der Waals surface area (Å²) in [5.41, 5.74) is 3.39. The lowest BCUT2D eigenvalue weighted by molar-refractivity contribution is -0.178. The van der Waals surface area contributed by atoms with Gasteiger partial charge in [-0.25, -0.2) is 28.8 Å². The molecule has 352 valence electrons. The third kappa shape index (κ3) is 19.1. The summed E-state index contributed by atoms with van der Waals surface area (Å²) in [6, 6.07) is 21.6. The molecular weight excluding hydrogens is 837 g/mol. The maximum absolute atomic E-state index is 12.6. The molecule has 14 nitrogen and oxygen atoms in total. The number of rotatable bonds is 28. The molecule has 0 amide bonds. The van der Waals surface area contributed by atoms with Gasteiger partial charge in [-0.1, -0.05) is 94.7 Å². The number of esters is 6. The predicted octanol–water partition coefficient (Wildman–Crippen LogP) is 8.58. The van der Waals surface area contributed by atoms with Crippen molar-refractivity contribution in [2.75, 3.05) is 46.2 Å². The van der Waals surface area contributed by atoms with Gasteiger partial charge in [-0.05, 0) is 105 Å². The molecule has 0 unspecified atom stereocenters. The zero-order valence-corrected chi connectivity index (χ0v) is 38.5. The molecule has 0 radical (unpaired) electrons. The second-order valence-corrected chi connectivity index (χ2v) is 15.7. The number of benzene rings is 3. The topological polar surface area (TPSA) is 176 Å². The third-order valence-corrected chi connectivity index (χ3v) is 9.96. The van der Waals surface area contributed by atoms with E-state index in [4.69, 9.17) is 37.9 Å². The monoisotopic (exact) mass is 900 g/mol. The molecule has 0 spiro atoms. The lowest BCUT2D eigenvalue weighted by Gasteiger charge is -2.32. The Kier molecular flexibility index (Phi) is 23.1. The maximum atomic E-state index is 12.6. The van der Waals surface area contributed by atoms with Crippen LogP contribution in [0.15, 0.2) is 91.0 Å². The van der Waals surface area contributed by atoms with Crippen molar-refractivity contribution in [3.05, 3.63) is 108 Å². The average molecular weight is 901 g/mol. The Morgan fingerprint density at radius 1 is 0.492 bits per heavy atom. The van der Waals surface area contributed by atoms with Crippen molar-refractivity contribution in [3.8, 4) is 22.6 Å². The summed E-state index contributed by atoms with van der Waals surface area (Å²) in [6.07, 6.45) is 9.43. The maximum Gasteiger partial charge on any atom is 0.417 e. The van der Waals surface area contributed by atoms with Gasteiger partial charge in [0.25, 0.3) is 0 Å². The van der Waals surface area contributed by atoms with Crippen LogP contribution in [0, 0.1) is 5.41 Å². The van der Waals surface area contributed by atoms with Crippen LogP contribution in [0.1, 0.15) is 96.3 Å². The Labute approximate surface area is 382 Å². The smallest absolute Gasteiger partial charge is 0.417 e. The van der Waals surface area contributed by atoms with E-state index in [1.165, 1.54) is 64.9 Å². The van der Waals surface area contributed by atoms with Gasteiger partial charge in [0.15, 0.2) is 0 Å². The van der Waals surface area contributed by atoms with Crippen molar-refractivity contribution in [1.82, 2.24) is 0 Å². The van der Waals surface area contributed by atoms with Gasteiger partial charge in [0.05, 0.1) is 19.8 Å². The third-order valence-electron chi connectivity index (χ3n) is 9.96. The van der Waals surface area contributed by atoms with Crippen LogP contribution < -0.4 is 9.47 Å². The summed E-state index contributed by atoms with van der Waals surface area (Å²) in [4.78, 5) is 74.3. The zero-order valence-electron chi connectivity index (χ0n) is 38.5. The van der Waals surface area contributed by atoms with Gasteiger partial charge in [-0.3, -0.25) is 0 Å². The van der Waals surface area contributed by atoms with Gasteiger partial charge in [0, 0.05) is 11.1 Å². The largest absolute Gasteiger partial charge is 0.492 e. The van der Waals surface area contributed by atoms with Crippen molar-refractivity contribution in [3.63, 3.8) is 0 Å². The van der Waals surface area contributed by atoms with Gasteiger partial charge >= 0.3 is 35.8 Å². The molecule has 0 bridgehead atoms. The highest BCUT2D eigenvalue weighted by molar-refractivity contribution is 6.30. The van der Waals surface area contributed by atoms with Crippen molar-refractivity contribution in [1.29, 1.82) is 0 Å². The second kappa shape index (κ2) is 28.4. The Morgan fingerprint density at radius 2 is 1.00 bits per heavy atom. The molecule has 3 rings (SSSR count). The summed E-state index contributed by atoms with van der Waals surface area (Å²) >= 11 is 0. The number of aryl methyl sites for hydroxylation is 2. The second-order valence-electron chi connectivity index (χ2n) is 15.7. The van der Waals surface area contributed by atoms with Crippen LogP contribution in [0.3, 0.4) is 0 Å². The molecule has 3 aromatic carbocycles. The Balaban J connectivity index is 1.87. The Hall–Kier alpha value is -6.44. The molecule has 14 heteroatoms. The average Bonchev–Trinajstić information content (AvgIpc) is 3.30. The predicted molar refractivity (Wildman–Crippen MR) is 243 cm³/mol. The quantitative estimate of drug-likeness (QED) is 0.0223. The molecule has 0 atom stereocenters.